The molecule has 0 saturated carbocycles. The van der Waals surface area contributed by atoms with Crippen molar-refractivity contribution in [1.82, 2.24) is 0 Å². The number of rotatable bonds is 2. The zero-order valence-electron chi connectivity index (χ0n) is 14.7. The highest BCUT2D eigenvalue weighted by molar-refractivity contribution is 6.14. The number of carbonyl (C=O) groups excluding carboxylic acids is 4. The van der Waals surface area contributed by atoms with E-state index in [0.717, 1.165) is 0 Å². The van der Waals surface area contributed by atoms with Gasteiger partial charge in [0.15, 0.2) is 0 Å². The molecule has 2 N–H and O–H groups in total. The molecule has 1 saturated heterocycles. The average Bonchev–Trinajstić information content (AvgIpc) is 2.89. The van der Waals surface area contributed by atoms with Gasteiger partial charge in [-0.1, -0.05) is 12.1 Å². The Kier molecular flexibility index (Phi) is 8.04. The van der Waals surface area contributed by atoms with Crippen molar-refractivity contribution in [1.29, 1.82) is 0 Å². The second-order valence-electron chi connectivity index (χ2n) is 4.93. The van der Waals surface area contributed by atoms with Gasteiger partial charge in [-0.05, 0) is 18.6 Å². The third kappa shape index (κ3) is 7.73. The van der Waals surface area contributed by atoms with Gasteiger partial charge in [-0.2, -0.15) is 0 Å². The van der Waals surface area contributed by atoms with E-state index < -0.39 is 23.9 Å². The number of carboxylic acids is 2. The number of benzene rings is 1. The second kappa shape index (κ2) is 10.2. The molecule has 0 bridgehead atoms. The van der Waals surface area contributed by atoms with E-state index in [1.165, 1.54) is 0 Å². The molecule has 1 aromatic rings. The van der Waals surface area contributed by atoms with E-state index in [0.29, 0.717) is 42.5 Å². The van der Waals surface area contributed by atoms with Crippen LogP contribution < -0.4 is 0 Å². The van der Waals surface area contributed by atoms with Crippen LogP contribution in [0, 0.1) is 0 Å². The number of cyclic esters (lactones) is 4. The van der Waals surface area contributed by atoms with Crippen LogP contribution in [-0.2, 0) is 28.7 Å². The van der Waals surface area contributed by atoms with Gasteiger partial charge >= 0.3 is 37.2 Å². The van der Waals surface area contributed by atoms with Gasteiger partial charge in [-0.3, -0.25) is 9.59 Å². The minimum Gasteiger partial charge on any atom is -0.478 e. The maximum absolute atomic E-state index is 10.8. The summed E-state index contributed by atoms with van der Waals surface area (Å²) in [5.74, 6) is -4.39. The number of hydrogen-bond donors (Lipinski definition) is 2. The van der Waals surface area contributed by atoms with Crippen molar-refractivity contribution in [2.75, 3.05) is 0 Å². The van der Waals surface area contributed by atoms with Crippen molar-refractivity contribution in [3.8, 4) is 0 Å². The topological polar surface area (TPSA) is 161 Å². The molecule has 10 nitrogen and oxygen atoms in total. The first-order valence-electron chi connectivity index (χ1n) is 7.43. The maximum Gasteiger partial charge on any atom is 1.00 e. The first-order valence-corrected chi connectivity index (χ1v) is 7.43. The summed E-state index contributed by atoms with van der Waals surface area (Å²) >= 11 is 0. The Morgan fingerprint density at radius 1 is 0.815 bits per heavy atom. The zero-order chi connectivity index (χ0) is 20.4. The largest absolute Gasteiger partial charge is 1.00 e. The van der Waals surface area contributed by atoms with Crippen LogP contribution in [0.3, 0.4) is 0 Å². The van der Waals surface area contributed by atoms with Crippen molar-refractivity contribution in [3.63, 3.8) is 0 Å². The molecule has 1 fully saturated rings. The van der Waals surface area contributed by atoms with Crippen LogP contribution in [0.2, 0.25) is 0 Å². The van der Waals surface area contributed by atoms with E-state index in [9.17, 15) is 28.8 Å². The van der Waals surface area contributed by atoms with Crippen LogP contribution in [-0.4, -0.2) is 46.0 Å². The molecule has 142 valence electrons. The van der Waals surface area contributed by atoms with E-state index >= 15 is 0 Å². The highest BCUT2D eigenvalue weighted by atomic mass is 16.6. The summed E-state index contributed by atoms with van der Waals surface area (Å²) in [5.41, 5.74) is 0.718. The molecule has 2 heterocycles. The van der Waals surface area contributed by atoms with Crippen LogP contribution in [0.1, 0.15) is 41.4 Å². The molecule has 0 unspecified atom stereocenters. The van der Waals surface area contributed by atoms with E-state index in [1.807, 2.05) is 0 Å². The number of ether oxygens (including phenoxy) is 2. The number of hydrogen-bond acceptors (Lipinski definition) is 8. The van der Waals surface area contributed by atoms with Crippen LogP contribution in [0.4, 0.5) is 0 Å². The van der Waals surface area contributed by atoms with Crippen LogP contribution in [0.25, 0.3) is 0 Å². The SMILES string of the molecule is O=C(O)/C=C\C(=O)O.O=C1CCCC(=O)O1.O=C1OC(=O)c2ccccc21.[H+]. The van der Waals surface area contributed by atoms with Gasteiger partial charge in [0.25, 0.3) is 0 Å². The molecular weight excluding hydrogens is 364 g/mol. The lowest BCUT2D eigenvalue weighted by Gasteiger charge is -2.06. The number of esters is 4. The lowest BCUT2D eigenvalue weighted by atomic mass is 10.1. The normalized spacial score (nSPS) is 14.8. The molecule has 0 radical (unpaired) electrons. The van der Waals surface area contributed by atoms with Gasteiger partial charge in [0.05, 0.1) is 11.1 Å². The van der Waals surface area contributed by atoms with Crippen LogP contribution in [0.5, 0.6) is 0 Å². The summed E-state index contributed by atoms with van der Waals surface area (Å²) in [5, 5.41) is 15.6. The number of carboxylic acid groups (broad SMARTS) is 2. The van der Waals surface area contributed by atoms with Crippen molar-refractivity contribution < 1.29 is 49.9 Å². The zero-order valence-corrected chi connectivity index (χ0v) is 13.7. The van der Waals surface area contributed by atoms with Crippen molar-refractivity contribution in [3.05, 3.63) is 47.5 Å². The average molecular weight is 379 g/mol. The fraction of sp³-hybridized carbons (Fsp3) is 0.176. The quantitative estimate of drug-likeness (QED) is 0.432. The van der Waals surface area contributed by atoms with E-state index in [2.05, 4.69) is 9.47 Å². The predicted molar refractivity (Wildman–Crippen MR) is 86.7 cm³/mol. The molecule has 0 aliphatic carbocycles. The van der Waals surface area contributed by atoms with Gasteiger partial charge in [0.1, 0.15) is 0 Å². The number of aliphatic carboxylic acids is 2. The fourth-order valence-electron chi connectivity index (χ4n) is 1.78. The third-order valence-corrected chi connectivity index (χ3v) is 2.91. The highest BCUT2D eigenvalue weighted by Gasteiger charge is 2.28. The Morgan fingerprint density at radius 3 is 1.52 bits per heavy atom. The lowest BCUT2D eigenvalue weighted by Crippen LogP contribution is -2.17. The molecule has 2 aliphatic rings. The number of fused-ring (bicyclic) bond motifs is 1. The molecule has 0 atom stereocenters. The lowest BCUT2D eigenvalue weighted by molar-refractivity contribution is -0.163. The minimum atomic E-state index is -1.26. The molecule has 3 rings (SSSR count). The summed E-state index contributed by atoms with van der Waals surface area (Å²) < 4.78 is 8.56. The molecule has 0 amide bonds. The van der Waals surface area contributed by atoms with Gasteiger partial charge in [-0.15, -0.1) is 0 Å². The Morgan fingerprint density at radius 2 is 1.22 bits per heavy atom. The molecule has 10 heteroatoms. The monoisotopic (exact) mass is 379 g/mol. The van der Waals surface area contributed by atoms with Gasteiger partial charge in [0, 0.05) is 25.0 Å². The first kappa shape index (κ1) is 21.2. The fourth-order valence-corrected chi connectivity index (χ4v) is 1.78. The Balaban J connectivity index is 0.000000393. The van der Waals surface area contributed by atoms with E-state index in [4.69, 9.17) is 10.2 Å². The van der Waals surface area contributed by atoms with Gasteiger partial charge < -0.3 is 19.7 Å². The summed E-state index contributed by atoms with van der Waals surface area (Å²) in [4.78, 5) is 61.2. The Hall–Kier alpha value is -3.82. The van der Waals surface area contributed by atoms with Crippen LogP contribution in [0.15, 0.2) is 36.4 Å². The van der Waals surface area contributed by atoms with E-state index in [-0.39, 0.29) is 13.4 Å². The smallest absolute Gasteiger partial charge is 0.478 e. The second-order valence-corrected chi connectivity index (χ2v) is 4.93. The molecule has 27 heavy (non-hydrogen) atoms. The molecular formula is C17H15O10+. The maximum atomic E-state index is 10.8. The molecule has 2 aliphatic heterocycles. The minimum absolute atomic E-state index is 0. The first-order chi connectivity index (χ1) is 12.7. The standard InChI is InChI=1S/C8H4O3.C5H6O3.C4H4O4/c9-7-5-3-1-2-4-6(5)8(10)11-7;6-4-2-1-3-5(7)8-4;5-3(6)1-2-4(7)8/h1-4H;1-3H2;1-2H,(H,5,6)(H,7,8)/p+1/b;;2-1-. The predicted octanol–water partition coefficient (Wildman–Crippen LogP) is 1.06. The molecule has 0 aromatic heterocycles. The van der Waals surface area contributed by atoms with Crippen molar-refractivity contribution in [2.45, 2.75) is 19.3 Å². The third-order valence-electron chi connectivity index (χ3n) is 2.91. The van der Waals surface area contributed by atoms with Crippen molar-refractivity contribution in [2.24, 2.45) is 0 Å². The molecule has 1 aromatic carbocycles. The van der Waals surface area contributed by atoms with Gasteiger partial charge in [0.2, 0.25) is 0 Å². The Bertz CT molecular complexity index is 749. The highest BCUT2D eigenvalue weighted by Crippen LogP contribution is 2.18. The molecule has 0 spiro atoms. The van der Waals surface area contributed by atoms with Gasteiger partial charge in [-0.25, -0.2) is 19.2 Å². The number of carbonyl (C=O) groups is 6. The van der Waals surface area contributed by atoms with E-state index in [1.54, 1.807) is 24.3 Å². The summed E-state index contributed by atoms with van der Waals surface area (Å²) in [6.45, 7) is 0. The van der Waals surface area contributed by atoms with Crippen molar-refractivity contribution >= 4 is 35.8 Å². The Labute approximate surface area is 153 Å². The summed E-state index contributed by atoms with van der Waals surface area (Å²) in [7, 11) is 0. The summed E-state index contributed by atoms with van der Waals surface area (Å²) in [6, 6.07) is 6.53. The van der Waals surface area contributed by atoms with Crippen LogP contribution >= 0.6 is 0 Å². The summed E-state index contributed by atoms with van der Waals surface area (Å²) in [6.07, 6.45) is 2.56.